The van der Waals surface area contributed by atoms with E-state index in [4.69, 9.17) is 0 Å². The molecular formula is C24H25N7O. The first-order valence-corrected chi connectivity index (χ1v) is 10.8. The van der Waals surface area contributed by atoms with Crippen molar-refractivity contribution in [2.24, 2.45) is 5.92 Å². The Morgan fingerprint density at radius 3 is 2.59 bits per heavy atom. The lowest BCUT2D eigenvalue weighted by Crippen LogP contribution is -2.22. The zero-order chi connectivity index (χ0) is 22.2. The van der Waals surface area contributed by atoms with E-state index in [-0.39, 0.29) is 0 Å². The van der Waals surface area contributed by atoms with Gasteiger partial charge in [0.1, 0.15) is 17.9 Å². The number of carbonyl (C=O) groups is 1. The average Bonchev–Trinajstić information content (AvgIpc) is 3.43. The van der Waals surface area contributed by atoms with Crippen LogP contribution in [-0.2, 0) is 6.42 Å². The van der Waals surface area contributed by atoms with Gasteiger partial charge in [0.2, 0.25) is 0 Å². The third kappa shape index (κ3) is 3.72. The van der Waals surface area contributed by atoms with Gasteiger partial charge in [-0.15, -0.1) is 0 Å². The van der Waals surface area contributed by atoms with Gasteiger partial charge in [0, 0.05) is 35.6 Å². The third-order valence-corrected chi connectivity index (χ3v) is 6.24. The van der Waals surface area contributed by atoms with Crippen LogP contribution in [0.2, 0.25) is 0 Å². The Balaban J connectivity index is 1.29. The van der Waals surface area contributed by atoms with Crippen LogP contribution in [0, 0.1) is 26.7 Å². The Morgan fingerprint density at radius 1 is 1.06 bits per heavy atom. The summed E-state index contributed by atoms with van der Waals surface area (Å²) in [6.45, 7) is 7.96. The number of benzene rings is 1. The van der Waals surface area contributed by atoms with Crippen molar-refractivity contribution in [3.05, 3.63) is 65.0 Å². The van der Waals surface area contributed by atoms with E-state index in [1.165, 1.54) is 5.56 Å². The molecule has 1 unspecified atom stereocenters. The van der Waals surface area contributed by atoms with Crippen molar-refractivity contribution in [3.8, 4) is 11.3 Å². The predicted molar refractivity (Wildman–Crippen MR) is 122 cm³/mol. The number of aldehydes is 1. The molecule has 32 heavy (non-hydrogen) atoms. The van der Waals surface area contributed by atoms with Crippen LogP contribution in [0.1, 0.15) is 39.6 Å². The van der Waals surface area contributed by atoms with Gasteiger partial charge in [-0.25, -0.2) is 14.5 Å². The van der Waals surface area contributed by atoms with Crippen LogP contribution in [0.3, 0.4) is 0 Å². The Bertz CT molecular complexity index is 1280. The summed E-state index contributed by atoms with van der Waals surface area (Å²) in [6.07, 6.45) is 6.55. The van der Waals surface area contributed by atoms with Gasteiger partial charge in [0.05, 0.1) is 18.1 Å². The van der Waals surface area contributed by atoms with E-state index in [9.17, 15) is 4.79 Å². The molecule has 3 aromatic heterocycles. The fourth-order valence-corrected chi connectivity index (χ4v) is 4.47. The lowest BCUT2D eigenvalue weighted by atomic mass is 9.96. The molecule has 1 aliphatic rings. The molecule has 0 aliphatic carbocycles. The van der Waals surface area contributed by atoms with Crippen molar-refractivity contribution in [2.45, 2.75) is 33.6 Å². The second kappa shape index (κ2) is 8.11. The summed E-state index contributed by atoms with van der Waals surface area (Å²) < 4.78 is 1.86. The summed E-state index contributed by atoms with van der Waals surface area (Å²) >= 11 is 0. The molecule has 5 rings (SSSR count). The maximum atomic E-state index is 10.8. The van der Waals surface area contributed by atoms with Gasteiger partial charge in [-0.2, -0.15) is 10.1 Å². The summed E-state index contributed by atoms with van der Waals surface area (Å²) in [6, 6.07) is 7.37. The molecule has 0 N–H and O–H groups in total. The number of aromatic nitrogens is 6. The number of anilines is 1. The molecule has 4 heterocycles. The lowest BCUT2D eigenvalue weighted by molar-refractivity contribution is 0.112. The monoisotopic (exact) mass is 427 g/mol. The number of carbonyl (C=O) groups excluding carboxylic acids is 1. The molecule has 8 heteroatoms. The Morgan fingerprint density at radius 2 is 1.88 bits per heavy atom. The highest BCUT2D eigenvalue weighted by Gasteiger charge is 2.26. The fraction of sp³-hybridized carbons (Fsp3) is 0.333. The van der Waals surface area contributed by atoms with Crippen LogP contribution >= 0.6 is 0 Å². The molecule has 0 saturated carbocycles. The molecule has 8 nitrogen and oxygen atoms in total. The molecule has 0 bridgehead atoms. The number of fused-ring (bicyclic) bond motifs is 1. The van der Waals surface area contributed by atoms with Crippen molar-refractivity contribution < 1.29 is 4.79 Å². The summed E-state index contributed by atoms with van der Waals surface area (Å²) in [5, 5.41) is 4.49. The van der Waals surface area contributed by atoms with Crippen LogP contribution < -0.4 is 4.90 Å². The molecule has 0 amide bonds. The smallest absolute Gasteiger partial charge is 0.252 e. The maximum absolute atomic E-state index is 10.8. The molecule has 4 aromatic rings. The van der Waals surface area contributed by atoms with Gasteiger partial charge < -0.3 is 4.90 Å². The molecule has 1 saturated heterocycles. The van der Waals surface area contributed by atoms with Crippen molar-refractivity contribution in [2.75, 3.05) is 18.0 Å². The number of hydrogen-bond acceptors (Lipinski definition) is 7. The third-order valence-electron chi connectivity index (χ3n) is 6.24. The summed E-state index contributed by atoms with van der Waals surface area (Å²) in [4.78, 5) is 31.5. The molecular weight excluding hydrogens is 402 g/mol. The van der Waals surface area contributed by atoms with Crippen molar-refractivity contribution in [3.63, 3.8) is 0 Å². The largest absolute Gasteiger partial charge is 0.355 e. The second-order valence-electron chi connectivity index (χ2n) is 8.44. The number of rotatable bonds is 5. The van der Waals surface area contributed by atoms with E-state index in [0.717, 1.165) is 66.5 Å². The van der Waals surface area contributed by atoms with Gasteiger partial charge in [-0.1, -0.05) is 24.3 Å². The van der Waals surface area contributed by atoms with Gasteiger partial charge >= 0.3 is 0 Å². The van der Waals surface area contributed by atoms with Crippen LogP contribution in [0.5, 0.6) is 0 Å². The quantitative estimate of drug-likeness (QED) is 0.451. The van der Waals surface area contributed by atoms with E-state index in [1.807, 2.05) is 29.8 Å². The fourth-order valence-electron chi connectivity index (χ4n) is 4.47. The molecule has 1 aromatic carbocycles. The van der Waals surface area contributed by atoms with Crippen LogP contribution in [-0.4, -0.2) is 48.9 Å². The minimum atomic E-state index is 0.522. The molecule has 0 radical (unpaired) electrons. The highest BCUT2D eigenvalue weighted by Crippen LogP contribution is 2.27. The number of hydrogen-bond donors (Lipinski definition) is 0. The summed E-state index contributed by atoms with van der Waals surface area (Å²) in [7, 11) is 0. The standard InChI is InChI=1S/C24H25N7O/c1-15-21(16(2)31-24(27-15)28-17(3)29-31)10-19-8-9-30(13-19)23-12-25-22(11-26-23)20-6-4-18(14-32)5-7-20/h4-7,11-12,14,19H,8-10,13H2,1-3H3. The first-order chi connectivity index (χ1) is 15.5. The Hall–Kier alpha value is -3.68. The second-order valence-corrected chi connectivity index (χ2v) is 8.44. The Labute approximate surface area is 186 Å². The predicted octanol–water partition coefficient (Wildman–Crippen LogP) is 3.39. The highest BCUT2D eigenvalue weighted by atomic mass is 16.1. The number of aryl methyl sites for hydroxylation is 3. The molecule has 162 valence electrons. The maximum Gasteiger partial charge on any atom is 0.252 e. The molecule has 1 aliphatic heterocycles. The first-order valence-electron chi connectivity index (χ1n) is 10.8. The van der Waals surface area contributed by atoms with Crippen LogP contribution in [0.15, 0.2) is 36.7 Å². The zero-order valence-corrected chi connectivity index (χ0v) is 18.5. The van der Waals surface area contributed by atoms with Crippen molar-refractivity contribution in [1.29, 1.82) is 0 Å². The van der Waals surface area contributed by atoms with Gasteiger partial charge in [-0.3, -0.25) is 9.78 Å². The van der Waals surface area contributed by atoms with Crippen molar-refractivity contribution >= 4 is 17.9 Å². The first kappa shape index (κ1) is 20.2. The van der Waals surface area contributed by atoms with Gasteiger partial charge in [0.25, 0.3) is 5.78 Å². The number of nitrogens with zero attached hydrogens (tertiary/aromatic N) is 7. The normalized spacial score (nSPS) is 16.1. The van der Waals surface area contributed by atoms with Crippen LogP contribution in [0.25, 0.3) is 17.0 Å². The summed E-state index contributed by atoms with van der Waals surface area (Å²) in [5.41, 5.74) is 5.82. The summed E-state index contributed by atoms with van der Waals surface area (Å²) in [5.74, 6) is 2.83. The van der Waals surface area contributed by atoms with E-state index < -0.39 is 0 Å². The van der Waals surface area contributed by atoms with E-state index >= 15 is 0 Å². The minimum Gasteiger partial charge on any atom is -0.355 e. The van der Waals surface area contributed by atoms with E-state index in [1.54, 1.807) is 18.3 Å². The Kier molecular flexibility index (Phi) is 5.13. The molecule has 1 fully saturated rings. The minimum absolute atomic E-state index is 0.522. The van der Waals surface area contributed by atoms with Gasteiger partial charge in [0.15, 0.2) is 0 Å². The topological polar surface area (TPSA) is 89.2 Å². The van der Waals surface area contributed by atoms with E-state index in [0.29, 0.717) is 17.3 Å². The molecule has 0 spiro atoms. The average molecular weight is 428 g/mol. The van der Waals surface area contributed by atoms with Crippen LogP contribution in [0.4, 0.5) is 5.82 Å². The van der Waals surface area contributed by atoms with E-state index in [2.05, 4.69) is 43.8 Å². The molecule has 1 atom stereocenters. The zero-order valence-electron chi connectivity index (χ0n) is 18.5. The van der Waals surface area contributed by atoms with Crippen molar-refractivity contribution in [1.82, 2.24) is 29.5 Å². The highest BCUT2D eigenvalue weighted by molar-refractivity contribution is 5.76. The lowest BCUT2D eigenvalue weighted by Gasteiger charge is -2.18. The van der Waals surface area contributed by atoms with Gasteiger partial charge in [-0.05, 0) is 45.1 Å². The SMILES string of the molecule is Cc1nc2nc(C)c(CC3CCN(c4cnc(-c5ccc(C=O)cc5)cn4)C3)c(C)n2n1.